The third kappa shape index (κ3) is 5.40. The monoisotopic (exact) mass is 277 g/mol. The van der Waals surface area contributed by atoms with Gasteiger partial charge in [0.25, 0.3) is 0 Å². The van der Waals surface area contributed by atoms with Crippen LogP contribution in [0, 0.1) is 6.92 Å². The van der Waals surface area contributed by atoms with Gasteiger partial charge in [0.15, 0.2) is 0 Å². The van der Waals surface area contributed by atoms with E-state index < -0.39 is 0 Å². The van der Waals surface area contributed by atoms with Crippen molar-refractivity contribution in [1.82, 2.24) is 10.2 Å². The van der Waals surface area contributed by atoms with Crippen molar-refractivity contribution in [1.29, 1.82) is 0 Å². The molecule has 0 heterocycles. The number of carbonyl (C=O) groups excluding carboxylic acids is 2. The van der Waals surface area contributed by atoms with Gasteiger partial charge in [-0.05, 0) is 26.0 Å². The van der Waals surface area contributed by atoms with Crippen molar-refractivity contribution < 1.29 is 9.59 Å². The molecule has 1 rings (SSSR count). The fourth-order valence-corrected chi connectivity index (χ4v) is 1.60. The quantitative estimate of drug-likeness (QED) is 0.826. The summed E-state index contributed by atoms with van der Waals surface area (Å²) in [5.74, 6) is -0.0604. The predicted octanol–water partition coefficient (Wildman–Crippen LogP) is 1.39. The number of hydrogen-bond donors (Lipinski definition) is 2. The van der Waals surface area contributed by atoms with Gasteiger partial charge in [0.05, 0.1) is 6.04 Å². The molecule has 0 bridgehead atoms. The van der Waals surface area contributed by atoms with Crippen molar-refractivity contribution in [3.8, 4) is 0 Å². The summed E-state index contributed by atoms with van der Waals surface area (Å²) < 4.78 is 0. The zero-order valence-corrected chi connectivity index (χ0v) is 12.6. The lowest BCUT2D eigenvalue weighted by Gasteiger charge is -2.15. The van der Waals surface area contributed by atoms with Crippen molar-refractivity contribution in [2.24, 2.45) is 0 Å². The number of amides is 2. The molecular weight excluding hydrogens is 254 g/mol. The van der Waals surface area contributed by atoms with E-state index in [1.807, 2.05) is 31.2 Å². The maximum atomic E-state index is 11.9. The Kier molecular flexibility index (Phi) is 6.18. The topological polar surface area (TPSA) is 61.4 Å². The Labute approximate surface area is 120 Å². The van der Waals surface area contributed by atoms with Crippen molar-refractivity contribution in [2.45, 2.75) is 26.3 Å². The van der Waals surface area contributed by atoms with Crippen LogP contribution in [-0.4, -0.2) is 43.4 Å². The van der Waals surface area contributed by atoms with Crippen LogP contribution in [-0.2, 0) is 9.59 Å². The van der Waals surface area contributed by atoms with Crippen LogP contribution in [0.2, 0.25) is 0 Å². The highest BCUT2D eigenvalue weighted by Gasteiger charge is 2.13. The van der Waals surface area contributed by atoms with E-state index in [1.54, 1.807) is 25.9 Å². The van der Waals surface area contributed by atoms with Crippen molar-refractivity contribution in [2.75, 3.05) is 26.0 Å². The molecule has 2 N–H and O–H groups in total. The Bertz CT molecular complexity index is 455. The van der Waals surface area contributed by atoms with Crippen LogP contribution in [0.25, 0.3) is 0 Å². The molecule has 0 saturated heterocycles. The highest BCUT2D eigenvalue weighted by molar-refractivity contribution is 5.94. The summed E-state index contributed by atoms with van der Waals surface area (Å²) in [5.41, 5.74) is 1.93. The Hall–Kier alpha value is -1.88. The molecule has 0 aliphatic heterocycles. The lowest BCUT2D eigenvalue weighted by Crippen LogP contribution is -2.39. The zero-order valence-electron chi connectivity index (χ0n) is 12.6. The maximum absolute atomic E-state index is 11.9. The summed E-state index contributed by atoms with van der Waals surface area (Å²) in [5, 5.41) is 5.87. The number of carbonyl (C=O) groups is 2. The summed E-state index contributed by atoms with van der Waals surface area (Å²) in [6, 6.07) is 7.30. The smallest absolute Gasteiger partial charge is 0.241 e. The van der Waals surface area contributed by atoms with Gasteiger partial charge in [-0.25, -0.2) is 0 Å². The molecule has 5 heteroatoms. The number of aryl methyl sites for hydroxylation is 1. The van der Waals surface area contributed by atoms with Gasteiger partial charge in [-0.1, -0.05) is 17.7 Å². The molecule has 0 saturated carbocycles. The molecule has 0 aliphatic carbocycles. The van der Waals surface area contributed by atoms with E-state index >= 15 is 0 Å². The standard InChI is InChI=1S/C15H23N3O2/c1-11-5-7-13(8-6-11)17-15(20)12(2)16-10-9-14(19)18(3)4/h5-8,12,16H,9-10H2,1-4H3,(H,17,20). The van der Waals surface area contributed by atoms with Gasteiger partial charge in [-0.3, -0.25) is 9.59 Å². The van der Waals surface area contributed by atoms with Crippen LogP contribution >= 0.6 is 0 Å². The molecule has 5 nitrogen and oxygen atoms in total. The molecule has 110 valence electrons. The van der Waals surface area contributed by atoms with E-state index in [9.17, 15) is 9.59 Å². The molecule has 1 aromatic rings. The largest absolute Gasteiger partial charge is 0.349 e. The van der Waals surface area contributed by atoms with Gasteiger partial charge in [0.2, 0.25) is 11.8 Å². The fourth-order valence-electron chi connectivity index (χ4n) is 1.60. The molecule has 1 aromatic carbocycles. The van der Waals surface area contributed by atoms with Gasteiger partial charge in [0, 0.05) is 32.7 Å². The number of nitrogens with one attached hydrogen (secondary N) is 2. The summed E-state index contributed by atoms with van der Waals surface area (Å²) in [4.78, 5) is 24.9. The molecule has 2 amide bonds. The second-order valence-corrected chi connectivity index (χ2v) is 5.07. The second-order valence-electron chi connectivity index (χ2n) is 5.07. The molecule has 1 unspecified atom stereocenters. The lowest BCUT2D eigenvalue weighted by atomic mass is 10.2. The van der Waals surface area contributed by atoms with E-state index in [1.165, 1.54) is 0 Å². The second kappa shape index (κ2) is 7.65. The van der Waals surface area contributed by atoms with Crippen LogP contribution in [0.1, 0.15) is 18.9 Å². The van der Waals surface area contributed by atoms with Crippen LogP contribution < -0.4 is 10.6 Å². The normalized spacial score (nSPS) is 11.8. The Morgan fingerprint density at radius 3 is 2.35 bits per heavy atom. The first-order chi connectivity index (χ1) is 9.40. The number of benzene rings is 1. The minimum atomic E-state index is -0.341. The SMILES string of the molecule is Cc1ccc(NC(=O)C(C)NCCC(=O)N(C)C)cc1. The fraction of sp³-hybridized carbons (Fsp3) is 0.467. The number of anilines is 1. The molecule has 0 aromatic heterocycles. The average molecular weight is 277 g/mol. The molecule has 0 aliphatic rings. The third-order valence-corrected chi connectivity index (χ3v) is 3.00. The van der Waals surface area contributed by atoms with Gasteiger partial charge >= 0.3 is 0 Å². The Morgan fingerprint density at radius 2 is 1.80 bits per heavy atom. The van der Waals surface area contributed by atoms with Crippen molar-refractivity contribution in [3.63, 3.8) is 0 Å². The van der Waals surface area contributed by atoms with Crippen LogP contribution in [0.15, 0.2) is 24.3 Å². The average Bonchev–Trinajstić information content (AvgIpc) is 2.40. The summed E-state index contributed by atoms with van der Waals surface area (Å²) in [6.07, 6.45) is 0.384. The molecule has 0 radical (unpaired) electrons. The van der Waals surface area contributed by atoms with Gasteiger partial charge in [0.1, 0.15) is 0 Å². The highest BCUT2D eigenvalue weighted by atomic mass is 16.2. The summed E-state index contributed by atoms with van der Waals surface area (Å²) >= 11 is 0. The molecule has 1 atom stereocenters. The predicted molar refractivity (Wildman–Crippen MR) is 80.6 cm³/mol. The zero-order chi connectivity index (χ0) is 15.1. The molecular formula is C15H23N3O2. The minimum absolute atomic E-state index is 0.0450. The number of hydrogen-bond acceptors (Lipinski definition) is 3. The van der Waals surface area contributed by atoms with Crippen LogP contribution in [0.4, 0.5) is 5.69 Å². The van der Waals surface area contributed by atoms with Crippen LogP contribution in [0.3, 0.4) is 0 Å². The van der Waals surface area contributed by atoms with E-state index in [0.717, 1.165) is 11.3 Å². The van der Waals surface area contributed by atoms with E-state index in [4.69, 9.17) is 0 Å². The first-order valence-corrected chi connectivity index (χ1v) is 6.71. The molecule has 0 fully saturated rings. The van der Waals surface area contributed by atoms with Crippen LogP contribution in [0.5, 0.6) is 0 Å². The maximum Gasteiger partial charge on any atom is 0.241 e. The van der Waals surface area contributed by atoms with E-state index in [2.05, 4.69) is 10.6 Å². The third-order valence-electron chi connectivity index (χ3n) is 3.00. The highest BCUT2D eigenvalue weighted by Crippen LogP contribution is 2.08. The number of nitrogens with zero attached hydrogens (tertiary/aromatic N) is 1. The van der Waals surface area contributed by atoms with Gasteiger partial charge in [-0.15, -0.1) is 0 Å². The molecule has 0 spiro atoms. The summed E-state index contributed by atoms with van der Waals surface area (Å²) in [7, 11) is 3.44. The Morgan fingerprint density at radius 1 is 1.20 bits per heavy atom. The lowest BCUT2D eigenvalue weighted by molar-refractivity contribution is -0.128. The first kappa shape index (κ1) is 16.2. The van der Waals surface area contributed by atoms with Gasteiger partial charge in [-0.2, -0.15) is 0 Å². The van der Waals surface area contributed by atoms with Gasteiger partial charge < -0.3 is 15.5 Å². The van der Waals surface area contributed by atoms with E-state index in [0.29, 0.717) is 13.0 Å². The van der Waals surface area contributed by atoms with Crippen molar-refractivity contribution in [3.05, 3.63) is 29.8 Å². The number of rotatable bonds is 6. The molecule has 20 heavy (non-hydrogen) atoms. The van der Waals surface area contributed by atoms with E-state index in [-0.39, 0.29) is 17.9 Å². The summed E-state index contributed by atoms with van der Waals surface area (Å²) in [6.45, 7) is 4.26. The Balaban J connectivity index is 2.36. The first-order valence-electron chi connectivity index (χ1n) is 6.71. The van der Waals surface area contributed by atoms with Crippen molar-refractivity contribution >= 4 is 17.5 Å². The minimum Gasteiger partial charge on any atom is -0.349 e.